The molecule has 0 unspecified atom stereocenters. The summed E-state index contributed by atoms with van der Waals surface area (Å²) in [7, 11) is 0. The highest BCUT2D eigenvalue weighted by Gasteiger charge is 2.69. The van der Waals surface area contributed by atoms with Gasteiger partial charge in [-0.1, -0.05) is 19.9 Å². The first-order chi connectivity index (χ1) is 13.0. The molecule has 6 heteroatoms. The van der Waals surface area contributed by atoms with Gasteiger partial charge < -0.3 is 5.32 Å². The average Bonchev–Trinajstić information content (AvgIpc) is 2.96. The molecule has 2 aliphatic rings. The lowest BCUT2D eigenvalue weighted by Crippen LogP contribution is -2.61. The van der Waals surface area contributed by atoms with Gasteiger partial charge in [0, 0.05) is 17.9 Å². The van der Waals surface area contributed by atoms with Crippen LogP contribution in [0.2, 0.25) is 0 Å². The zero-order chi connectivity index (χ0) is 20.5. The summed E-state index contributed by atoms with van der Waals surface area (Å²) in [4.78, 5) is 11.9. The standard InChI is InChI=1S/C22H25F2N3O/c1-12(28)25-21(4,5)22-10-9-14(20(22,2)3)13-11-17(26-27-19(13)22)18-15(23)7-6-8-16(18)24/h6-8,11,14H,9-10H2,1-5H3,(H,25,28)/t14-,22-/m0/s1. The highest BCUT2D eigenvalue weighted by atomic mass is 19.1. The van der Waals surface area contributed by atoms with E-state index in [1.165, 1.54) is 25.1 Å². The molecule has 1 fully saturated rings. The summed E-state index contributed by atoms with van der Waals surface area (Å²) in [5.41, 5.74) is 0.781. The Morgan fingerprint density at radius 2 is 1.86 bits per heavy atom. The number of amides is 1. The average molecular weight is 385 g/mol. The number of benzene rings is 1. The molecule has 2 bridgehead atoms. The van der Waals surface area contributed by atoms with Gasteiger partial charge in [-0.15, -0.1) is 0 Å². The quantitative estimate of drug-likeness (QED) is 0.847. The zero-order valence-electron chi connectivity index (χ0n) is 16.9. The summed E-state index contributed by atoms with van der Waals surface area (Å²) in [6.07, 6.45) is 1.82. The van der Waals surface area contributed by atoms with Gasteiger partial charge in [0.2, 0.25) is 5.91 Å². The van der Waals surface area contributed by atoms with E-state index in [1.807, 2.05) is 13.8 Å². The molecule has 148 valence electrons. The summed E-state index contributed by atoms with van der Waals surface area (Å²) >= 11 is 0. The van der Waals surface area contributed by atoms with Crippen molar-refractivity contribution in [1.82, 2.24) is 15.5 Å². The maximum absolute atomic E-state index is 14.3. The second-order valence-electron chi connectivity index (χ2n) is 9.15. The lowest BCUT2D eigenvalue weighted by molar-refractivity contribution is -0.122. The topological polar surface area (TPSA) is 54.9 Å². The molecule has 4 nitrogen and oxygen atoms in total. The summed E-state index contributed by atoms with van der Waals surface area (Å²) in [6, 6.07) is 5.58. The van der Waals surface area contributed by atoms with E-state index in [1.54, 1.807) is 6.07 Å². The Bertz CT molecular complexity index is 965. The van der Waals surface area contributed by atoms with Crippen LogP contribution < -0.4 is 5.32 Å². The van der Waals surface area contributed by atoms with Gasteiger partial charge in [0.25, 0.3) is 0 Å². The number of carbonyl (C=O) groups excluding carboxylic acids is 1. The molecule has 4 rings (SSSR count). The Kier molecular flexibility index (Phi) is 3.94. The van der Waals surface area contributed by atoms with E-state index in [-0.39, 0.29) is 28.5 Å². The van der Waals surface area contributed by atoms with E-state index in [4.69, 9.17) is 0 Å². The van der Waals surface area contributed by atoms with Crippen molar-refractivity contribution < 1.29 is 13.6 Å². The summed E-state index contributed by atoms with van der Waals surface area (Å²) < 4.78 is 28.6. The molecule has 2 atom stereocenters. The van der Waals surface area contributed by atoms with Crippen molar-refractivity contribution in [2.45, 2.75) is 64.3 Å². The minimum Gasteiger partial charge on any atom is -0.350 e. The number of nitrogens with one attached hydrogen (secondary N) is 1. The van der Waals surface area contributed by atoms with Crippen LogP contribution in [0.3, 0.4) is 0 Å². The number of halogens is 2. The zero-order valence-corrected chi connectivity index (χ0v) is 16.9. The highest BCUT2D eigenvalue weighted by Crippen LogP contribution is 2.70. The molecular weight excluding hydrogens is 360 g/mol. The van der Waals surface area contributed by atoms with Crippen molar-refractivity contribution in [2.24, 2.45) is 5.41 Å². The molecule has 28 heavy (non-hydrogen) atoms. The molecule has 0 aliphatic heterocycles. The SMILES string of the molecule is CC(=O)NC(C)(C)[C@@]12CC[C@@H](c3cc(-c4c(F)cccc4F)nnc31)C2(C)C. The minimum absolute atomic E-state index is 0.0925. The predicted octanol–water partition coefficient (Wildman–Crippen LogP) is 4.49. The van der Waals surface area contributed by atoms with Gasteiger partial charge in [-0.25, -0.2) is 8.78 Å². The first-order valence-electron chi connectivity index (χ1n) is 9.64. The predicted molar refractivity (Wildman–Crippen MR) is 103 cm³/mol. The second kappa shape index (κ2) is 5.82. The van der Waals surface area contributed by atoms with Crippen LogP contribution in [0.1, 0.15) is 64.6 Å². The van der Waals surface area contributed by atoms with Crippen LogP contribution in [-0.4, -0.2) is 21.6 Å². The maximum atomic E-state index is 14.3. The number of nitrogens with zero attached hydrogens (tertiary/aromatic N) is 2. The number of rotatable bonds is 3. The van der Waals surface area contributed by atoms with E-state index < -0.39 is 22.6 Å². The van der Waals surface area contributed by atoms with Crippen LogP contribution in [0.25, 0.3) is 11.3 Å². The number of fused-ring (bicyclic) bond motifs is 5. The molecule has 2 aromatic rings. The normalized spacial score (nSPS) is 24.9. The van der Waals surface area contributed by atoms with Crippen molar-refractivity contribution in [3.8, 4) is 11.3 Å². The third kappa shape index (κ3) is 2.23. The maximum Gasteiger partial charge on any atom is 0.217 e. The van der Waals surface area contributed by atoms with Crippen LogP contribution in [0.5, 0.6) is 0 Å². The number of hydrogen-bond acceptors (Lipinski definition) is 3. The van der Waals surface area contributed by atoms with Gasteiger partial charge in [-0.3, -0.25) is 4.79 Å². The molecule has 2 aliphatic carbocycles. The van der Waals surface area contributed by atoms with Gasteiger partial charge in [-0.2, -0.15) is 10.2 Å². The van der Waals surface area contributed by atoms with Crippen LogP contribution in [0.4, 0.5) is 8.78 Å². The fraction of sp³-hybridized carbons (Fsp3) is 0.500. The number of hydrogen-bond donors (Lipinski definition) is 1. The largest absolute Gasteiger partial charge is 0.350 e. The lowest BCUT2D eigenvalue weighted by Gasteiger charge is -2.50. The van der Waals surface area contributed by atoms with Gasteiger partial charge >= 0.3 is 0 Å². The summed E-state index contributed by atoms with van der Waals surface area (Å²) in [6.45, 7) is 9.96. The summed E-state index contributed by atoms with van der Waals surface area (Å²) in [5.74, 6) is -1.19. The molecule has 1 N–H and O–H groups in total. The van der Waals surface area contributed by atoms with Gasteiger partial charge in [0.05, 0.1) is 17.0 Å². The molecule has 1 saturated carbocycles. The number of aromatic nitrogens is 2. The Labute approximate surface area is 163 Å². The molecular formula is C22H25F2N3O. The van der Waals surface area contributed by atoms with Crippen LogP contribution >= 0.6 is 0 Å². The van der Waals surface area contributed by atoms with Gasteiger partial charge in [0.1, 0.15) is 11.6 Å². The van der Waals surface area contributed by atoms with Gasteiger partial charge in [0.15, 0.2) is 0 Å². The second-order valence-corrected chi connectivity index (χ2v) is 9.15. The van der Waals surface area contributed by atoms with E-state index in [2.05, 4.69) is 29.4 Å². The van der Waals surface area contributed by atoms with Crippen molar-refractivity contribution in [2.75, 3.05) is 0 Å². The minimum atomic E-state index is -0.648. The van der Waals surface area contributed by atoms with E-state index in [0.717, 1.165) is 24.1 Å². The fourth-order valence-electron chi connectivity index (χ4n) is 6.14. The van der Waals surface area contributed by atoms with E-state index >= 15 is 0 Å². The molecule has 0 radical (unpaired) electrons. The molecule has 1 heterocycles. The highest BCUT2D eigenvalue weighted by molar-refractivity contribution is 5.74. The first kappa shape index (κ1) is 19.0. The van der Waals surface area contributed by atoms with Crippen molar-refractivity contribution >= 4 is 5.91 Å². The third-order valence-electron chi connectivity index (χ3n) is 7.16. The molecule has 0 spiro atoms. The van der Waals surface area contributed by atoms with Crippen molar-refractivity contribution in [3.63, 3.8) is 0 Å². The molecule has 1 aromatic heterocycles. The van der Waals surface area contributed by atoms with Crippen LogP contribution in [0.15, 0.2) is 24.3 Å². The fourth-order valence-corrected chi connectivity index (χ4v) is 6.14. The Morgan fingerprint density at radius 3 is 2.46 bits per heavy atom. The van der Waals surface area contributed by atoms with Crippen molar-refractivity contribution in [3.05, 3.63) is 47.2 Å². The van der Waals surface area contributed by atoms with E-state index in [0.29, 0.717) is 0 Å². The van der Waals surface area contributed by atoms with Crippen LogP contribution in [-0.2, 0) is 10.2 Å². The van der Waals surface area contributed by atoms with E-state index in [9.17, 15) is 13.6 Å². The Balaban J connectivity index is 1.91. The smallest absolute Gasteiger partial charge is 0.217 e. The molecule has 1 amide bonds. The first-order valence-corrected chi connectivity index (χ1v) is 9.64. The van der Waals surface area contributed by atoms with Crippen LogP contribution in [0, 0.1) is 17.0 Å². The Hall–Kier alpha value is -2.37. The third-order valence-corrected chi connectivity index (χ3v) is 7.16. The van der Waals surface area contributed by atoms with Crippen molar-refractivity contribution in [1.29, 1.82) is 0 Å². The lowest BCUT2D eigenvalue weighted by atomic mass is 9.58. The van der Waals surface area contributed by atoms with Gasteiger partial charge in [-0.05, 0) is 61.8 Å². The molecule has 1 aromatic carbocycles. The Morgan fingerprint density at radius 1 is 1.21 bits per heavy atom. The number of carbonyl (C=O) groups is 1. The summed E-state index contributed by atoms with van der Waals surface area (Å²) in [5, 5.41) is 11.8. The molecule has 0 saturated heterocycles. The monoisotopic (exact) mass is 385 g/mol.